The summed E-state index contributed by atoms with van der Waals surface area (Å²) in [6.45, 7) is 0.269. The molecule has 0 aromatic carbocycles. The molecule has 0 aliphatic rings. The van der Waals surface area contributed by atoms with E-state index in [0.29, 0.717) is 5.69 Å². The zero-order valence-corrected chi connectivity index (χ0v) is 9.41. The fourth-order valence-corrected chi connectivity index (χ4v) is 1.43. The maximum atomic E-state index is 12.0. The number of nitrogens with zero attached hydrogens (tertiary/aromatic N) is 1. The minimum atomic E-state index is -4.19. The van der Waals surface area contributed by atoms with Crippen molar-refractivity contribution in [3.63, 3.8) is 0 Å². The predicted molar refractivity (Wildman–Crippen MR) is 54.5 cm³/mol. The Morgan fingerprint density at radius 3 is 2.75 bits per heavy atom. The van der Waals surface area contributed by atoms with E-state index in [1.807, 2.05) is 0 Å². The predicted octanol–water partition coefficient (Wildman–Crippen LogP) is 2.78. The van der Waals surface area contributed by atoms with Gasteiger partial charge in [0.2, 0.25) is 0 Å². The van der Waals surface area contributed by atoms with Crippen LogP contribution >= 0.6 is 12.2 Å². The van der Waals surface area contributed by atoms with Crippen LogP contribution in [0.15, 0.2) is 6.07 Å². The highest BCUT2D eigenvalue weighted by molar-refractivity contribution is 7.71. The summed E-state index contributed by atoms with van der Waals surface area (Å²) < 4.78 is 41.1. The van der Waals surface area contributed by atoms with Gasteiger partial charge in [0.05, 0.1) is 13.0 Å². The summed E-state index contributed by atoms with van der Waals surface area (Å²) in [4.78, 5) is 6.58. The Labute approximate surface area is 95.7 Å². The summed E-state index contributed by atoms with van der Waals surface area (Å²) >= 11 is 4.84. The second kappa shape index (κ2) is 5.40. The first-order valence-electron chi connectivity index (χ1n) is 4.55. The highest BCUT2D eigenvalue weighted by atomic mass is 32.1. The Morgan fingerprint density at radius 2 is 2.19 bits per heavy atom. The summed E-state index contributed by atoms with van der Waals surface area (Å²) in [7, 11) is 1.49. The number of aromatic amines is 1. The fourth-order valence-electron chi connectivity index (χ4n) is 1.18. The molecule has 0 amide bonds. The molecule has 3 nitrogen and oxygen atoms in total. The third kappa shape index (κ3) is 4.71. The van der Waals surface area contributed by atoms with Gasteiger partial charge in [-0.05, 0) is 6.07 Å². The van der Waals surface area contributed by atoms with Gasteiger partial charge in [-0.2, -0.15) is 13.2 Å². The largest absolute Gasteiger partial charge is 0.389 e. The first-order chi connectivity index (χ1) is 7.40. The van der Waals surface area contributed by atoms with E-state index in [2.05, 4.69) is 9.97 Å². The molecule has 0 aliphatic carbocycles. The molecule has 0 unspecified atom stereocenters. The quantitative estimate of drug-likeness (QED) is 0.837. The first kappa shape index (κ1) is 13.1. The highest BCUT2D eigenvalue weighted by Gasteiger charge is 2.26. The van der Waals surface area contributed by atoms with Crippen LogP contribution in [0.4, 0.5) is 13.2 Å². The van der Waals surface area contributed by atoms with Crippen molar-refractivity contribution in [1.29, 1.82) is 0 Å². The maximum absolute atomic E-state index is 12.0. The molecule has 0 bridgehead atoms. The van der Waals surface area contributed by atoms with E-state index in [-0.39, 0.29) is 23.5 Å². The van der Waals surface area contributed by atoms with Crippen LogP contribution in [0.3, 0.4) is 0 Å². The number of alkyl halides is 3. The molecule has 0 spiro atoms. The molecule has 0 saturated heterocycles. The van der Waals surface area contributed by atoms with Crippen molar-refractivity contribution in [2.24, 2.45) is 0 Å². The number of nitrogens with one attached hydrogen (secondary N) is 1. The summed E-state index contributed by atoms with van der Waals surface area (Å²) in [5.74, 6) is 0.233. The number of aromatic nitrogens is 2. The lowest BCUT2D eigenvalue weighted by molar-refractivity contribution is -0.134. The Balaban J connectivity index is 2.76. The van der Waals surface area contributed by atoms with Crippen LogP contribution in [0.1, 0.15) is 17.9 Å². The summed E-state index contributed by atoms with van der Waals surface area (Å²) in [5, 5.41) is 0. The van der Waals surface area contributed by atoms with E-state index in [4.69, 9.17) is 17.0 Å². The van der Waals surface area contributed by atoms with Crippen LogP contribution in [0.5, 0.6) is 0 Å². The molecule has 0 radical (unpaired) electrons. The van der Waals surface area contributed by atoms with Gasteiger partial charge in [0, 0.05) is 19.2 Å². The SMILES string of the molecule is COCc1cc(=S)nc(CCC(F)(F)F)[nH]1. The molecule has 1 aromatic rings. The summed E-state index contributed by atoms with van der Waals surface area (Å²) in [6, 6.07) is 1.57. The maximum Gasteiger partial charge on any atom is 0.389 e. The zero-order valence-electron chi connectivity index (χ0n) is 8.60. The number of halogens is 3. The lowest BCUT2D eigenvalue weighted by Gasteiger charge is -2.07. The van der Waals surface area contributed by atoms with Crippen molar-refractivity contribution in [3.8, 4) is 0 Å². The third-order valence-corrected chi connectivity index (χ3v) is 2.00. The molecule has 1 heterocycles. The molecule has 1 N–H and O–H groups in total. The molecular formula is C9H11F3N2OS. The minimum Gasteiger partial charge on any atom is -0.378 e. The van der Waals surface area contributed by atoms with Crippen LogP contribution in [0.2, 0.25) is 0 Å². The van der Waals surface area contributed by atoms with Gasteiger partial charge >= 0.3 is 6.18 Å². The lowest BCUT2D eigenvalue weighted by atomic mass is 10.3. The standard InChI is InChI=1S/C9H11F3N2OS/c1-15-5-6-4-8(16)14-7(13-6)2-3-9(10,11)12/h4H,2-3,5H2,1H3,(H,13,14,16). The molecular weight excluding hydrogens is 241 g/mol. The van der Waals surface area contributed by atoms with Gasteiger partial charge in [-0.1, -0.05) is 12.2 Å². The third-order valence-electron chi connectivity index (χ3n) is 1.79. The average molecular weight is 252 g/mol. The van der Waals surface area contributed by atoms with Crippen LogP contribution < -0.4 is 0 Å². The van der Waals surface area contributed by atoms with Gasteiger partial charge < -0.3 is 9.72 Å². The van der Waals surface area contributed by atoms with Crippen molar-refractivity contribution >= 4 is 12.2 Å². The second-order valence-electron chi connectivity index (χ2n) is 3.24. The first-order valence-corrected chi connectivity index (χ1v) is 4.96. The lowest BCUT2D eigenvalue weighted by Crippen LogP contribution is -2.11. The van der Waals surface area contributed by atoms with E-state index < -0.39 is 12.6 Å². The Kier molecular flexibility index (Phi) is 4.43. The van der Waals surface area contributed by atoms with E-state index >= 15 is 0 Å². The van der Waals surface area contributed by atoms with Gasteiger partial charge in [0.15, 0.2) is 0 Å². The molecule has 0 fully saturated rings. The Morgan fingerprint density at radius 1 is 1.50 bits per heavy atom. The monoisotopic (exact) mass is 252 g/mol. The van der Waals surface area contributed by atoms with E-state index in [1.54, 1.807) is 6.07 Å². The highest BCUT2D eigenvalue weighted by Crippen LogP contribution is 2.21. The van der Waals surface area contributed by atoms with E-state index in [9.17, 15) is 13.2 Å². The summed E-state index contributed by atoms with van der Waals surface area (Å²) in [5.41, 5.74) is 0.625. The Bertz CT molecular complexity index is 402. The van der Waals surface area contributed by atoms with Gasteiger partial charge in [0.25, 0.3) is 0 Å². The smallest absolute Gasteiger partial charge is 0.378 e. The molecule has 1 rings (SSSR count). The van der Waals surface area contributed by atoms with Gasteiger partial charge in [-0.3, -0.25) is 0 Å². The molecule has 90 valence electrons. The van der Waals surface area contributed by atoms with Crippen molar-refractivity contribution < 1.29 is 17.9 Å². The number of H-pyrrole nitrogens is 1. The van der Waals surface area contributed by atoms with Crippen LogP contribution in [-0.2, 0) is 17.8 Å². The van der Waals surface area contributed by atoms with Gasteiger partial charge in [0.1, 0.15) is 10.5 Å². The van der Waals surface area contributed by atoms with Crippen LogP contribution in [0.25, 0.3) is 0 Å². The molecule has 0 atom stereocenters. The zero-order chi connectivity index (χ0) is 12.2. The number of hydrogen-bond acceptors (Lipinski definition) is 3. The van der Waals surface area contributed by atoms with Crippen molar-refractivity contribution in [3.05, 3.63) is 22.2 Å². The van der Waals surface area contributed by atoms with E-state index in [1.165, 1.54) is 7.11 Å². The van der Waals surface area contributed by atoms with E-state index in [0.717, 1.165) is 0 Å². The fraction of sp³-hybridized carbons (Fsp3) is 0.556. The van der Waals surface area contributed by atoms with Gasteiger partial charge in [-0.15, -0.1) is 0 Å². The number of rotatable bonds is 4. The normalized spacial score (nSPS) is 11.8. The molecule has 1 aromatic heterocycles. The number of ether oxygens (including phenoxy) is 1. The van der Waals surface area contributed by atoms with Crippen molar-refractivity contribution in [2.75, 3.05) is 7.11 Å². The van der Waals surface area contributed by atoms with Crippen LogP contribution in [0, 0.1) is 4.64 Å². The van der Waals surface area contributed by atoms with Crippen LogP contribution in [-0.4, -0.2) is 23.3 Å². The molecule has 0 aliphatic heterocycles. The minimum absolute atomic E-state index is 0.204. The number of methoxy groups -OCH3 is 1. The van der Waals surface area contributed by atoms with Crippen molar-refractivity contribution in [2.45, 2.75) is 25.6 Å². The number of hydrogen-bond donors (Lipinski definition) is 1. The summed E-state index contributed by atoms with van der Waals surface area (Å²) in [6.07, 6.45) is -5.30. The van der Waals surface area contributed by atoms with Gasteiger partial charge in [-0.25, -0.2) is 4.98 Å². The Hall–Kier alpha value is -0.950. The number of aryl methyl sites for hydroxylation is 1. The molecule has 7 heteroatoms. The van der Waals surface area contributed by atoms with Crippen molar-refractivity contribution in [1.82, 2.24) is 9.97 Å². The topological polar surface area (TPSA) is 37.9 Å². The average Bonchev–Trinajstić information content (AvgIpc) is 2.13. The molecule has 16 heavy (non-hydrogen) atoms. The molecule has 0 saturated carbocycles. The second-order valence-corrected chi connectivity index (χ2v) is 3.66.